The summed E-state index contributed by atoms with van der Waals surface area (Å²) in [4.78, 5) is 5.21. The zero-order valence-corrected chi connectivity index (χ0v) is 32.2. The SMILES string of the molecule is c1ccc2c(c1)ccc1c3nc4ccccn4c3c3ccc(-c4cc(-c5ccc6c(c5)sc5ccccc56)cc(-c5ccc6sc7ccccc7c6c5)c4)cc3c21. The van der Waals surface area contributed by atoms with Crippen LogP contribution >= 0.6 is 22.7 Å². The normalized spacial score (nSPS) is 12.2. The van der Waals surface area contributed by atoms with Crippen molar-refractivity contribution >= 4 is 112 Å². The Morgan fingerprint density at radius 3 is 1.70 bits per heavy atom. The maximum atomic E-state index is 5.21. The summed E-state index contributed by atoms with van der Waals surface area (Å²) in [6.07, 6.45) is 2.14. The summed E-state index contributed by atoms with van der Waals surface area (Å²) in [5.74, 6) is 0. The number of benzene rings is 9. The third-order valence-electron chi connectivity index (χ3n) is 11.9. The molecule has 0 spiro atoms. The Kier molecular flexibility index (Phi) is 6.51. The molecular weight excluding hydrogens is 729 g/mol. The number of pyridine rings is 1. The Balaban J connectivity index is 1.09. The molecule has 0 radical (unpaired) electrons. The van der Waals surface area contributed by atoms with Gasteiger partial charge in [-0.2, -0.15) is 0 Å². The number of thiophene rings is 2. The van der Waals surface area contributed by atoms with Crippen LogP contribution in [0, 0.1) is 0 Å². The van der Waals surface area contributed by atoms with Crippen molar-refractivity contribution in [2.45, 2.75) is 0 Å². The molecule has 4 heterocycles. The fraction of sp³-hybridized carbons (Fsp3) is 0. The number of hydrogen-bond acceptors (Lipinski definition) is 3. The maximum Gasteiger partial charge on any atom is 0.137 e. The number of imidazole rings is 1. The number of aromatic nitrogens is 2. The highest BCUT2D eigenvalue weighted by molar-refractivity contribution is 7.26. The fourth-order valence-corrected chi connectivity index (χ4v) is 11.5. The standard InChI is InChI=1S/C53H30N2S2/c1-2-10-38-31(9-1)16-22-43-51(38)45-29-32(18-21-42(45)53-52(43)54-50-15-7-8-24-55(50)53)35-25-36(33-19-23-48-44(28-33)40-12-4-6-14-47(40)56-48)27-37(26-35)34-17-20-41-39-11-3-5-13-46(39)57-49(41)30-34/h1-30H. The fourth-order valence-electron chi connectivity index (χ4n) is 9.28. The minimum atomic E-state index is 0.960. The highest BCUT2D eigenvalue weighted by Crippen LogP contribution is 2.44. The van der Waals surface area contributed by atoms with Gasteiger partial charge in [-0.25, -0.2) is 4.98 Å². The molecule has 9 aromatic carbocycles. The minimum absolute atomic E-state index is 0.960. The van der Waals surface area contributed by atoms with E-state index in [1.165, 1.54) is 106 Å². The molecule has 13 aromatic rings. The molecule has 57 heavy (non-hydrogen) atoms. The van der Waals surface area contributed by atoms with Crippen molar-refractivity contribution in [1.29, 1.82) is 0 Å². The van der Waals surface area contributed by atoms with Crippen LogP contribution in [0.4, 0.5) is 0 Å². The second-order valence-electron chi connectivity index (χ2n) is 15.1. The van der Waals surface area contributed by atoms with Gasteiger partial charge in [0.05, 0.1) is 11.0 Å². The summed E-state index contributed by atoms with van der Waals surface area (Å²) in [6, 6.07) is 65.3. The Morgan fingerprint density at radius 1 is 0.351 bits per heavy atom. The molecule has 0 N–H and O–H groups in total. The zero-order chi connectivity index (χ0) is 37.2. The van der Waals surface area contributed by atoms with Crippen LogP contribution in [0.5, 0.6) is 0 Å². The lowest BCUT2D eigenvalue weighted by molar-refractivity contribution is 1.23. The van der Waals surface area contributed by atoms with Gasteiger partial charge < -0.3 is 0 Å². The highest BCUT2D eigenvalue weighted by atomic mass is 32.1. The predicted octanol–water partition coefficient (Wildman–Crippen LogP) is 15.7. The number of nitrogens with zero attached hydrogens (tertiary/aromatic N) is 2. The van der Waals surface area contributed by atoms with E-state index < -0.39 is 0 Å². The van der Waals surface area contributed by atoms with Crippen molar-refractivity contribution in [3.05, 3.63) is 182 Å². The van der Waals surface area contributed by atoms with E-state index in [9.17, 15) is 0 Å². The van der Waals surface area contributed by atoms with E-state index in [1.54, 1.807) is 0 Å². The summed E-state index contributed by atoms with van der Waals surface area (Å²) in [5.41, 5.74) is 10.4. The van der Waals surface area contributed by atoms with Gasteiger partial charge in [0.25, 0.3) is 0 Å². The average Bonchev–Trinajstić information content (AvgIpc) is 3.97. The highest BCUT2D eigenvalue weighted by Gasteiger charge is 2.18. The Morgan fingerprint density at radius 2 is 0.912 bits per heavy atom. The number of hydrogen-bond donors (Lipinski definition) is 0. The lowest BCUT2D eigenvalue weighted by Gasteiger charge is -2.14. The van der Waals surface area contributed by atoms with E-state index in [2.05, 4.69) is 187 Å². The molecule has 0 atom stereocenters. The molecule has 264 valence electrons. The van der Waals surface area contributed by atoms with Gasteiger partial charge in [0.1, 0.15) is 5.65 Å². The van der Waals surface area contributed by atoms with Gasteiger partial charge in [0.2, 0.25) is 0 Å². The Hall–Kier alpha value is -6.85. The van der Waals surface area contributed by atoms with Gasteiger partial charge >= 0.3 is 0 Å². The second kappa shape index (κ2) is 11.8. The molecule has 4 aromatic heterocycles. The molecule has 0 saturated carbocycles. The van der Waals surface area contributed by atoms with Crippen LogP contribution in [0.2, 0.25) is 0 Å². The lowest BCUT2D eigenvalue weighted by Crippen LogP contribution is -1.90. The van der Waals surface area contributed by atoms with E-state index in [0.717, 1.165) is 16.7 Å². The van der Waals surface area contributed by atoms with E-state index in [4.69, 9.17) is 4.98 Å². The quantitative estimate of drug-likeness (QED) is 0.164. The zero-order valence-electron chi connectivity index (χ0n) is 30.5. The van der Waals surface area contributed by atoms with Crippen LogP contribution < -0.4 is 0 Å². The number of rotatable bonds is 3. The van der Waals surface area contributed by atoms with Gasteiger partial charge in [-0.05, 0) is 122 Å². The van der Waals surface area contributed by atoms with Gasteiger partial charge in [-0.3, -0.25) is 4.40 Å². The molecule has 0 aliphatic heterocycles. The van der Waals surface area contributed by atoms with Crippen LogP contribution in [0.1, 0.15) is 0 Å². The summed E-state index contributed by atoms with van der Waals surface area (Å²) in [6.45, 7) is 0. The Bertz CT molecular complexity index is 3830. The molecule has 0 bridgehead atoms. The summed E-state index contributed by atoms with van der Waals surface area (Å²) < 4.78 is 7.53. The predicted molar refractivity (Wildman–Crippen MR) is 247 cm³/mol. The third-order valence-corrected chi connectivity index (χ3v) is 14.2. The summed E-state index contributed by atoms with van der Waals surface area (Å²) >= 11 is 3.74. The van der Waals surface area contributed by atoms with E-state index in [1.807, 2.05) is 22.7 Å². The van der Waals surface area contributed by atoms with Crippen molar-refractivity contribution in [1.82, 2.24) is 9.38 Å². The Labute approximate surface area is 335 Å². The molecule has 0 unspecified atom stereocenters. The summed E-state index contributed by atoms with van der Waals surface area (Å²) in [7, 11) is 0. The van der Waals surface area contributed by atoms with Crippen molar-refractivity contribution in [2.24, 2.45) is 0 Å². The first-order chi connectivity index (χ1) is 28.2. The van der Waals surface area contributed by atoms with E-state index in [0.29, 0.717) is 0 Å². The largest absolute Gasteiger partial charge is 0.299 e. The molecular formula is C53H30N2S2. The molecule has 2 nitrogen and oxygen atoms in total. The van der Waals surface area contributed by atoms with Crippen LogP contribution in [0.15, 0.2) is 182 Å². The first-order valence-corrected chi connectivity index (χ1v) is 21.0. The van der Waals surface area contributed by atoms with Crippen LogP contribution in [-0.2, 0) is 0 Å². The monoisotopic (exact) mass is 758 g/mol. The smallest absolute Gasteiger partial charge is 0.137 e. The summed E-state index contributed by atoms with van der Waals surface area (Å²) in [5, 5.41) is 12.6. The van der Waals surface area contributed by atoms with Crippen molar-refractivity contribution in [3.63, 3.8) is 0 Å². The van der Waals surface area contributed by atoms with Gasteiger partial charge in [0, 0.05) is 57.3 Å². The maximum absolute atomic E-state index is 5.21. The lowest BCUT2D eigenvalue weighted by atomic mass is 9.90. The average molecular weight is 759 g/mol. The molecule has 0 saturated heterocycles. The van der Waals surface area contributed by atoms with Crippen molar-refractivity contribution in [3.8, 4) is 33.4 Å². The van der Waals surface area contributed by atoms with Gasteiger partial charge in [0.15, 0.2) is 0 Å². The van der Waals surface area contributed by atoms with Crippen LogP contribution in [-0.4, -0.2) is 9.38 Å². The van der Waals surface area contributed by atoms with E-state index in [-0.39, 0.29) is 0 Å². The first-order valence-electron chi connectivity index (χ1n) is 19.3. The van der Waals surface area contributed by atoms with Crippen molar-refractivity contribution in [2.75, 3.05) is 0 Å². The van der Waals surface area contributed by atoms with E-state index >= 15 is 0 Å². The molecule has 4 heteroatoms. The topological polar surface area (TPSA) is 17.3 Å². The molecule has 0 amide bonds. The molecule has 13 rings (SSSR count). The first kappa shape index (κ1) is 31.4. The molecule has 0 aliphatic carbocycles. The molecule has 0 aliphatic rings. The van der Waals surface area contributed by atoms with Crippen molar-refractivity contribution < 1.29 is 0 Å². The van der Waals surface area contributed by atoms with Crippen LogP contribution in [0.25, 0.3) is 123 Å². The van der Waals surface area contributed by atoms with Gasteiger partial charge in [-0.15, -0.1) is 22.7 Å². The van der Waals surface area contributed by atoms with Crippen LogP contribution in [0.3, 0.4) is 0 Å². The minimum Gasteiger partial charge on any atom is -0.299 e. The molecule has 0 fully saturated rings. The second-order valence-corrected chi connectivity index (χ2v) is 17.3. The number of fused-ring (bicyclic) bond motifs is 16. The van der Waals surface area contributed by atoms with Gasteiger partial charge in [-0.1, -0.05) is 109 Å². The third kappa shape index (κ3) is 4.66.